The first-order valence-corrected chi connectivity index (χ1v) is 8.27. The van der Waals surface area contributed by atoms with Gasteiger partial charge in [0.25, 0.3) is 0 Å². The molecule has 2 rings (SSSR count). The van der Waals surface area contributed by atoms with Crippen molar-refractivity contribution in [2.75, 3.05) is 23.9 Å². The third-order valence-electron chi connectivity index (χ3n) is 3.13. The fraction of sp³-hybridized carbons (Fsp3) is 0.538. The second-order valence-corrected chi connectivity index (χ2v) is 7.19. The van der Waals surface area contributed by atoms with E-state index in [-0.39, 0.29) is 11.8 Å². The third-order valence-corrected chi connectivity index (χ3v) is 4.23. The van der Waals surface area contributed by atoms with E-state index in [0.29, 0.717) is 6.54 Å². The first kappa shape index (κ1) is 13.4. The van der Waals surface area contributed by atoms with E-state index in [0.717, 1.165) is 13.0 Å². The molecule has 0 amide bonds. The molecular weight excluding hydrogens is 248 g/mol. The largest absolute Gasteiger partial charge is 0.384 e. The van der Waals surface area contributed by atoms with Gasteiger partial charge in [0.15, 0.2) is 0 Å². The lowest BCUT2D eigenvalue weighted by Gasteiger charge is -2.15. The summed E-state index contributed by atoms with van der Waals surface area (Å²) in [5, 5.41) is 6.65. The maximum Gasteiger partial charge on any atom is 0.148 e. The molecule has 0 radical (unpaired) electrons. The molecule has 2 N–H and O–H groups in total. The van der Waals surface area contributed by atoms with Crippen molar-refractivity contribution in [3.05, 3.63) is 29.3 Å². The molecule has 1 atom stereocenters. The molecule has 18 heavy (non-hydrogen) atoms. The van der Waals surface area contributed by atoms with Crippen LogP contribution in [0.3, 0.4) is 0 Å². The SMILES string of the molecule is CC(CS(C)(=O)=O)NCc1cccc2c1NCC2. The fourth-order valence-electron chi connectivity index (χ4n) is 2.36. The number of sulfone groups is 1. The van der Waals surface area contributed by atoms with Crippen LogP contribution in [0.5, 0.6) is 0 Å². The van der Waals surface area contributed by atoms with Crippen molar-refractivity contribution in [2.24, 2.45) is 0 Å². The summed E-state index contributed by atoms with van der Waals surface area (Å²) < 4.78 is 22.4. The predicted octanol–water partition coefficient (Wildman–Crippen LogP) is 1.18. The van der Waals surface area contributed by atoms with Gasteiger partial charge in [-0.2, -0.15) is 0 Å². The van der Waals surface area contributed by atoms with Crippen molar-refractivity contribution >= 4 is 15.5 Å². The van der Waals surface area contributed by atoms with E-state index in [9.17, 15) is 8.42 Å². The zero-order valence-electron chi connectivity index (χ0n) is 10.9. The highest BCUT2D eigenvalue weighted by Gasteiger charge is 2.15. The summed E-state index contributed by atoms with van der Waals surface area (Å²) in [6, 6.07) is 6.25. The molecule has 4 nitrogen and oxygen atoms in total. The molecule has 0 saturated heterocycles. The zero-order chi connectivity index (χ0) is 13.2. The van der Waals surface area contributed by atoms with Crippen LogP contribution in [0, 0.1) is 0 Å². The van der Waals surface area contributed by atoms with Crippen LogP contribution < -0.4 is 10.6 Å². The highest BCUT2D eigenvalue weighted by molar-refractivity contribution is 7.90. The number of fused-ring (bicyclic) bond motifs is 1. The Labute approximate surface area is 109 Å². The number of para-hydroxylation sites is 1. The molecule has 1 aromatic carbocycles. The van der Waals surface area contributed by atoms with Crippen LogP contribution in [0.15, 0.2) is 18.2 Å². The number of anilines is 1. The Morgan fingerprint density at radius 1 is 1.44 bits per heavy atom. The summed E-state index contributed by atoms with van der Waals surface area (Å²) in [5.74, 6) is 0.176. The van der Waals surface area contributed by atoms with Crippen LogP contribution in [0.25, 0.3) is 0 Å². The van der Waals surface area contributed by atoms with Crippen LogP contribution in [0.4, 0.5) is 5.69 Å². The summed E-state index contributed by atoms with van der Waals surface area (Å²) in [7, 11) is -2.92. The minimum atomic E-state index is -2.92. The second kappa shape index (κ2) is 5.28. The number of hydrogen-bond donors (Lipinski definition) is 2. The summed E-state index contributed by atoms with van der Waals surface area (Å²) >= 11 is 0. The van der Waals surface area contributed by atoms with Gasteiger partial charge < -0.3 is 10.6 Å². The molecular formula is C13H20N2O2S. The van der Waals surface area contributed by atoms with Gasteiger partial charge in [0.1, 0.15) is 9.84 Å². The van der Waals surface area contributed by atoms with Crippen LogP contribution in [0.2, 0.25) is 0 Å². The average molecular weight is 268 g/mol. The summed E-state index contributed by atoms with van der Waals surface area (Å²) in [6.45, 7) is 3.59. The number of nitrogens with one attached hydrogen (secondary N) is 2. The lowest BCUT2D eigenvalue weighted by molar-refractivity contribution is 0.560. The molecule has 0 aliphatic carbocycles. The Hall–Kier alpha value is -1.07. The van der Waals surface area contributed by atoms with Gasteiger partial charge in [0.05, 0.1) is 5.75 Å². The van der Waals surface area contributed by atoms with Gasteiger partial charge in [-0.15, -0.1) is 0 Å². The molecule has 1 aromatic rings. The molecule has 0 aromatic heterocycles. The van der Waals surface area contributed by atoms with Crippen molar-refractivity contribution in [3.8, 4) is 0 Å². The van der Waals surface area contributed by atoms with Gasteiger partial charge in [0.2, 0.25) is 0 Å². The summed E-state index contributed by atoms with van der Waals surface area (Å²) in [5.41, 5.74) is 3.78. The Balaban J connectivity index is 1.97. The molecule has 1 aliphatic heterocycles. The Morgan fingerprint density at radius 2 is 2.22 bits per heavy atom. The van der Waals surface area contributed by atoms with Crippen molar-refractivity contribution in [1.29, 1.82) is 0 Å². The molecule has 1 aliphatic rings. The first-order chi connectivity index (χ1) is 8.46. The van der Waals surface area contributed by atoms with E-state index in [1.54, 1.807) is 0 Å². The van der Waals surface area contributed by atoms with Crippen LogP contribution in [-0.4, -0.2) is 33.0 Å². The zero-order valence-corrected chi connectivity index (χ0v) is 11.7. The minimum Gasteiger partial charge on any atom is -0.384 e. The molecule has 0 saturated carbocycles. The Morgan fingerprint density at radius 3 is 2.94 bits per heavy atom. The molecule has 100 valence electrons. The van der Waals surface area contributed by atoms with E-state index < -0.39 is 9.84 Å². The standard InChI is InChI=1S/C13H20N2O2S/c1-10(9-18(2,16)17)15-8-12-5-3-4-11-6-7-14-13(11)12/h3-5,10,14-15H,6-9H2,1-2H3. The minimum absolute atomic E-state index is 0.0303. The molecule has 0 fully saturated rings. The number of rotatable bonds is 5. The molecule has 1 unspecified atom stereocenters. The van der Waals surface area contributed by atoms with Crippen molar-refractivity contribution in [1.82, 2.24) is 5.32 Å². The monoisotopic (exact) mass is 268 g/mol. The Bertz CT molecular complexity index is 526. The highest BCUT2D eigenvalue weighted by atomic mass is 32.2. The lowest BCUT2D eigenvalue weighted by Crippen LogP contribution is -2.32. The third kappa shape index (κ3) is 3.46. The van der Waals surface area contributed by atoms with Crippen molar-refractivity contribution < 1.29 is 8.42 Å². The van der Waals surface area contributed by atoms with Crippen LogP contribution in [0.1, 0.15) is 18.1 Å². The molecule has 0 bridgehead atoms. The average Bonchev–Trinajstić information content (AvgIpc) is 2.72. The first-order valence-electron chi connectivity index (χ1n) is 6.21. The van der Waals surface area contributed by atoms with Gasteiger partial charge in [-0.05, 0) is 24.5 Å². The Kier molecular flexibility index (Phi) is 3.92. The highest BCUT2D eigenvalue weighted by Crippen LogP contribution is 2.26. The van der Waals surface area contributed by atoms with Gasteiger partial charge in [0, 0.05) is 31.1 Å². The van der Waals surface area contributed by atoms with E-state index >= 15 is 0 Å². The van der Waals surface area contributed by atoms with Crippen molar-refractivity contribution in [2.45, 2.75) is 25.9 Å². The molecule has 0 spiro atoms. The van der Waals surface area contributed by atoms with Crippen molar-refractivity contribution in [3.63, 3.8) is 0 Å². The number of hydrogen-bond acceptors (Lipinski definition) is 4. The maximum absolute atomic E-state index is 11.2. The van der Waals surface area contributed by atoms with E-state index in [2.05, 4.69) is 28.8 Å². The summed E-state index contributed by atoms with van der Waals surface area (Å²) in [6.07, 6.45) is 2.34. The molecule has 1 heterocycles. The van der Waals surface area contributed by atoms with E-state index in [1.807, 2.05) is 6.92 Å². The fourth-order valence-corrected chi connectivity index (χ4v) is 3.38. The van der Waals surface area contributed by atoms with Crippen LogP contribution >= 0.6 is 0 Å². The second-order valence-electron chi connectivity index (χ2n) is 5.00. The quantitative estimate of drug-likeness (QED) is 0.842. The topological polar surface area (TPSA) is 58.2 Å². The van der Waals surface area contributed by atoms with Gasteiger partial charge in [-0.25, -0.2) is 8.42 Å². The van der Waals surface area contributed by atoms with Crippen LogP contribution in [-0.2, 0) is 22.8 Å². The van der Waals surface area contributed by atoms with Gasteiger partial charge in [-0.1, -0.05) is 18.2 Å². The molecule has 5 heteroatoms. The summed E-state index contributed by atoms with van der Waals surface area (Å²) in [4.78, 5) is 0. The van der Waals surface area contributed by atoms with E-state index in [4.69, 9.17) is 0 Å². The lowest BCUT2D eigenvalue weighted by atomic mass is 10.1. The van der Waals surface area contributed by atoms with E-state index in [1.165, 1.54) is 23.1 Å². The number of benzene rings is 1. The predicted molar refractivity (Wildman–Crippen MR) is 74.6 cm³/mol. The van der Waals surface area contributed by atoms with Gasteiger partial charge >= 0.3 is 0 Å². The normalized spacial score (nSPS) is 16.1. The van der Waals surface area contributed by atoms with Gasteiger partial charge in [-0.3, -0.25) is 0 Å². The smallest absolute Gasteiger partial charge is 0.148 e. The maximum atomic E-state index is 11.2.